The molecule has 3 aliphatic carbocycles. The van der Waals surface area contributed by atoms with E-state index in [2.05, 4.69) is 4.98 Å². The summed E-state index contributed by atoms with van der Waals surface area (Å²) in [5.41, 5.74) is -1.32. The predicted molar refractivity (Wildman–Crippen MR) is 131 cm³/mol. The zero-order chi connectivity index (χ0) is 26.4. The van der Waals surface area contributed by atoms with Crippen molar-refractivity contribution < 1.29 is 33.2 Å². The molecular formula is C27H37FN2O8. The van der Waals surface area contributed by atoms with Crippen LogP contribution in [0.2, 0.25) is 0 Å². The summed E-state index contributed by atoms with van der Waals surface area (Å²) in [6, 6.07) is 0. The second-order valence-electron chi connectivity index (χ2n) is 12.2. The molecule has 7 atom stereocenters. The summed E-state index contributed by atoms with van der Waals surface area (Å²) in [7, 11) is 0. The third-order valence-corrected chi connectivity index (χ3v) is 9.22. The number of ether oxygens (including phenoxy) is 3. The lowest BCUT2D eigenvalue weighted by Crippen LogP contribution is -2.43. The smallest absolute Gasteiger partial charge is 0.431 e. The summed E-state index contributed by atoms with van der Waals surface area (Å²) in [6.45, 7) is 1.21. The lowest BCUT2D eigenvalue weighted by molar-refractivity contribution is -0.396. The molecule has 6 fully saturated rings. The number of rotatable bonds is 4. The Balaban J connectivity index is 1.03. The highest BCUT2D eigenvalue weighted by Crippen LogP contribution is 2.50. The van der Waals surface area contributed by atoms with Gasteiger partial charge in [-0.15, -0.1) is 0 Å². The van der Waals surface area contributed by atoms with Crippen LogP contribution in [0.25, 0.3) is 0 Å². The number of carbonyl (C=O) groups is 1. The van der Waals surface area contributed by atoms with Gasteiger partial charge in [0.15, 0.2) is 0 Å². The van der Waals surface area contributed by atoms with Crippen LogP contribution in [-0.4, -0.2) is 52.4 Å². The maximum atomic E-state index is 14.7. The number of alkyl halides is 1. The number of aryl methyl sites for hydroxylation is 1. The average Bonchev–Trinajstić information content (AvgIpc) is 3.25. The highest BCUT2D eigenvalue weighted by atomic mass is 19.1. The summed E-state index contributed by atoms with van der Waals surface area (Å²) < 4.78 is 32.3. The van der Waals surface area contributed by atoms with Crippen molar-refractivity contribution in [3.05, 3.63) is 32.6 Å². The van der Waals surface area contributed by atoms with Crippen LogP contribution in [0.15, 0.2) is 15.8 Å². The number of nitrogens with zero attached hydrogens (tertiary/aromatic N) is 1. The summed E-state index contributed by atoms with van der Waals surface area (Å²) in [5, 5.41) is 0. The van der Waals surface area contributed by atoms with Crippen LogP contribution >= 0.6 is 0 Å². The van der Waals surface area contributed by atoms with Crippen molar-refractivity contribution in [3.63, 3.8) is 0 Å². The van der Waals surface area contributed by atoms with Gasteiger partial charge >= 0.3 is 11.8 Å². The largest absolute Gasteiger partial charge is 0.508 e. The second-order valence-corrected chi connectivity index (χ2v) is 12.2. The molecule has 4 bridgehead atoms. The van der Waals surface area contributed by atoms with Crippen molar-refractivity contribution in [1.82, 2.24) is 9.55 Å². The van der Waals surface area contributed by atoms with Crippen LogP contribution in [0.1, 0.15) is 82.4 Å². The fraction of sp³-hybridized carbons (Fsp3) is 0.815. The molecule has 0 radical (unpaired) electrons. The Kier molecular flexibility index (Phi) is 7.11. The number of hydrogen-bond donors (Lipinski definition) is 1. The first kappa shape index (κ1) is 26.0. The van der Waals surface area contributed by atoms with E-state index in [1.54, 1.807) is 6.92 Å². The van der Waals surface area contributed by atoms with Crippen LogP contribution in [0.3, 0.4) is 0 Å². The van der Waals surface area contributed by atoms with Crippen LogP contribution in [-0.2, 0) is 24.0 Å². The highest BCUT2D eigenvalue weighted by Gasteiger charge is 2.48. The second kappa shape index (κ2) is 10.4. The first-order valence-electron chi connectivity index (χ1n) is 14.0. The maximum absolute atomic E-state index is 14.7. The van der Waals surface area contributed by atoms with Crippen LogP contribution < -0.4 is 11.2 Å². The molecule has 3 unspecified atom stereocenters. The van der Waals surface area contributed by atoms with Crippen molar-refractivity contribution in [2.45, 2.75) is 114 Å². The van der Waals surface area contributed by atoms with Gasteiger partial charge in [0, 0.05) is 24.6 Å². The van der Waals surface area contributed by atoms with Gasteiger partial charge in [0.1, 0.15) is 36.8 Å². The molecule has 0 amide bonds. The minimum Gasteiger partial charge on any atom is -0.431 e. The van der Waals surface area contributed by atoms with Crippen molar-refractivity contribution in [2.24, 2.45) is 17.8 Å². The first-order valence-corrected chi connectivity index (χ1v) is 14.0. The van der Waals surface area contributed by atoms with Gasteiger partial charge in [0.05, 0.1) is 6.10 Å². The molecule has 1 aromatic rings. The minimum absolute atomic E-state index is 0.0964. The normalized spacial score (nSPS) is 40.5. The molecular weight excluding hydrogens is 499 g/mol. The van der Waals surface area contributed by atoms with E-state index < -0.39 is 41.5 Å². The Morgan fingerprint density at radius 3 is 2.68 bits per heavy atom. The van der Waals surface area contributed by atoms with Gasteiger partial charge in [-0.05, 0) is 82.5 Å². The number of halogens is 1. The lowest BCUT2D eigenvalue weighted by atomic mass is 9.64. The summed E-state index contributed by atoms with van der Waals surface area (Å²) >= 11 is 0. The fourth-order valence-corrected chi connectivity index (χ4v) is 7.67. The van der Waals surface area contributed by atoms with Crippen molar-refractivity contribution in [3.8, 4) is 0 Å². The molecule has 1 N–H and O–H groups in total. The molecule has 3 saturated heterocycles. The monoisotopic (exact) mass is 536 g/mol. The van der Waals surface area contributed by atoms with Crippen molar-refractivity contribution in [2.75, 3.05) is 6.61 Å². The van der Waals surface area contributed by atoms with E-state index >= 15 is 0 Å². The standard InChI is InChI=1S/C27H37FN2O8/c1-15-13-30(25(32)29-24(15)31)23-10-21(28)22(36-23)14-34-26(33)35-19-3-2-4-27(12-19)11-18-6-16-5-17(7-18)9-20(8-16)37-38-27/h13,16-23H,2-12,14H2,1H3,(H,29,31,32)/t16?,17?,18?,19?,20?,21-,22+,23+,27-/m0/s1. The van der Waals surface area contributed by atoms with Crippen LogP contribution in [0.4, 0.5) is 9.18 Å². The molecule has 1 spiro atoms. The molecule has 3 aliphatic heterocycles. The number of hydrogen-bond acceptors (Lipinski definition) is 8. The van der Waals surface area contributed by atoms with Crippen LogP contribution in [0, 0.1) is 24.7 Å². The molecule has 0 aromatic carbocycles. The van der Waals surface area contributed by atoms with E-state index in [1.807, 2.05) is 0 Å². The predicted octanol–water partition coefficient (Wildman–Crippen LogP) is 3.85. The molecule has 4 heterocycles. The summed E-state index contributed by atoms with van der Waals surface area (Å²) in [6.07, 6.45) is 6.63. The van der Waals surface area contributed by atoms with E-state index in [1.165, 1.54) is 25.5 Å². The van der Waals surface area contributed by atoms with Gasteiger partial charge in [0.25, 0.3) is 5.56 Å². The van der Waals surface area contributed by atoms with E-state index in [9.17, 15) is 18.8 Å². The Hall–Kier alpha value is -2.24. The number of nitrogens with one attached hydrogen (secondary N) is 1. The Morgan fingerprint density at radius 1 is 1.13 bits per heavy atom. The average molecular weight is 537 g/mol. The van der Waals surface area contributed by atoms with Gasteiger partial charge in [-0.25, -0.2) is 23.8 Å². The molecule has 38 heavy (non-hydrogen) atoms. The van der Waals surface area contributed by atoms with Crippen molar-refractivity contribution >= 4 is 6.16 Å². The first-order chi connectivity index (χ1) is 18.2. The third-order valence-electron chi connectivity index (χ3n) is 9.22. The molecule has 6 aliphatic rings. The topological polar surface area (TPSA) is 118 Å². The third kappa shape index (κ3) is 5.42. The Labute approximate surface area is 220 Å². The van der Waals surface area contributed by atoms with Gasteiger partial charge in [-0.3, -0.25) is 14.3 Å². The molecule has 7 rings (SSSR count). The summed E-state index contributed by atoms with van der Waals surface area (Å²) in [5.74, 6) is 2.07. The Morgan fingerprint density at radius 2 is 1.89 bits per heavy atom. The van der Waals surface area contributed by atoms with Crippen LogP contribution in [0.5, 0.6) is 0 Å². The Bertz CT molecular complexity index is 1140. The molecule has 3 saturated carbocycles. The number of aromatic nitrogens is 2. The number of carbonyl (C=O) groups excluding carboxylic acids is 1. The van der Waals surface area contributed by atoms with E-state index in [-0.39, 0.29) is 25.2 Å². The zero-order valence-corrected chi connectivity index (χ0v) is 21.8. The van der Waals surface area contributed by atoms with Gasteiger partial charge in [-0.1, -0.05) is 0 Å². The SMILES string of the molecule is Cc1cn([C@H]2C[C@H](F)[C@@H](COC(=O)OC3CCC[C@]4(CC5CC6CC(C5)CC(C6)OO4)C3)O2)c(=O)[nH]c1=O. The van der Waals surface area contributed by atoms with E-state index in [4.69, 9.17) is 24.0 Å². The zero-order valence-electron chi connectivity index (χ0n) is 21.8. The molecule has 11 heteroatoms. The van der Waals surface area contributed by atoms with Gasteiger partial charge < -0.3 is 14.2 Å². The molecule has 210 valence electrons. The fourth-order valence-electron chi connectivity index (χ4n) is 7.67. The van der Waals surface area contributed by atoms with Crippen molar-refractivity contribution in [1.29, 1.82) is 0 Å². The minimum atomic E-state index is -1.44. The summed E-state index contributed by atoms with van der Waals surface area (Å²) in [4.78, 5) is 50.7. The highest BCUT2D eigenvalue weighted by molar-refractivity contribution is 5.60. The maximum Gasteiger partial charge on any atom is 0.508 e. The quantitative estimate of drug-likeness (QED) is 0.456. The number of H-pyrrole nitrogens is 1. The van der Waals surface area contributed by atoms with E-state index in [0.717, 1.165) is 48.5 Å². The molecule has 10 nitrogen and oxygen atoms in total. The van der Waals surface area contributed by atoms with E-state index in [0.29, 0.717) is 24.3 Å². The van der Waals surface area contributed by atoms with Gasteiger partial charge in [0.2, 0.25) is 0 Å². The number of fused-ring (bicyclic) bond motifs is 1. The number of aromatic amines is 1. The molecule has 1 aromatic heterocycles. The lowest BCUT2D eigenvalue weighted by Gasteiger charge is -2.42. The van der Waals surface area contributed by atoms with Gasteiger partial charge in [-0.2, -0.15) is 0 Å².